The number of benzene rings is 5. The summed E-state index contributed by atoms with van der Waals surface area (Å²) >= 11 is 0. The molecule has 2 aliphatic heterocycles. The minimum Gasteiger partial charge on any atom is -0.460 e. The summed E-state index contributed by atoms with van der Waals surface area (Å²) in [6, 6.07) is 32.8. The largest absolute Gasteiger partial charge is 0.460 e. The molecule has 1 atom stereocenters. The molecule has 5 aromatic carbocycles. The quantitative estimate of drug-likeness (QED) is 0.254. The molecule has 0 aromatic heterocycles. The first-order valence-corrected chi connectivity index (χ1v) is 12.9. The normalized spacial score (nSPS) is 19.5. The topological polar surface area (TPSA) is 50.7 Å². The first kappa shape index (κ1) is 21.4. The maximum Gasteiger partial charge on any atom is 0.226 e. The van der Waals surface area contributed by atoms with Crippen LogP contribution in [0.2, 0.25) is 0 Å². The molecule has 1 unspecified atom stereocenters. The van der Waals surface area contributed by atoms with E-state index in [1.807, 2.05) is 48.7 Å². The number of para-hydroxylation sites is 1. The number of carbonyl (C=O) groups is 1. The van der Waals surface area contributed by atoms with E-state index >= 15 is 0 Å². The third-order valence-electron chi connectivity index (χ3n) is 8.51. The van der Waals surface area contributed by atoms with E-state index in [2.05, 4.69) is 73.8 Å². The van der Waals surface area contributed by atoms with Crippen LogP contribution in [0.5, 0.6) is 5.75 Å². The van der Waals surface area contributed by atoms with E-state index in [-0.39, 0.29) is 11.2 Å². The van der Waals surface area contributed by atoms with Crippen molar-refractivity contribution in [2.45, 2.75) is 25.0 Å². The Balaban J connectivity index is 1.18. The van der Waals surface area contributed by atoms with Crippen molar-refractivity contribution in [3.05, 3.63) is 114 Å². The third-order valence-corrected chi connectivity index (χ3v) is 8.51. The average Bonchev–Trinajstić information content (AvgIpc) is 3.35. The zero-order valence-corrected chi connectivity index (χ0v) is 21.1. The van der Waals surface area contributed by atoms with Gasteiger partial charge in [-0.3, -0.25) is 9.79 Å². The minimum absolute atomic E-state index is 0.0957. The van der Waals surface area contributed by atoms with Crippen LogP contribution in [0.25, 0.3) is 33.0 Å². The molecule has 1 spiro atoms. The molecule has 0 bridgehead atoms. The zero-order valence-electron chi connectivity index (χ0n) is 21.1. The third kappa shape index (κ3) is 2.69. The Hall–Kier alpha value is -4.70. The lowest BCUT2D eigenvalue weighted by Gasteiger charge is -2.40. The Kier molecular flexibility index (Phi) is 4.05. The van der Waals surface area contributed by atoms with Crippen molar-refractivity contribution in [1.29, 1.82) is 0 Å². The number of ketones is 1. The fourth-order valence-corrected chi connectivity index (χ4v) is 6.29. The molecule has 4 heteroatoms. The highest BCUT2D eigenvalue weighted by atomic mass is 16.5. The van der Waals surface area contributed by atoms with Gasteiger partial charge in [-0.2, -0.15) is 0 Å². The Bertz CT molecular complexity index is 1880. The summed E-state index contributed by atoms with van der Waals surface area (Å²) in [6.45, 7) is 4.38. The maximum atomic E-state index is 13.0. The average molecular weight is 493 g/mol. The molecule has 0 saturated carbocycles. The summed E-state index contributed by atoms with van der Waals surface area (Å²) in [6.07, 6.45) is 1.92. The second-order valence-corrected chi connectivity index (χ2v) is 10.9. The van der Waals surface area contributed by atoms with Crippen LogP contribution in [0, 0.1) is 0 Å². The monoisotopic (exact) mass is 492 g/mol. The number of anilines is 1. The molecular formula is C34H24N2O2. The predicted molar refractivity (Wildman–Crippen MR) is 153 cm³/mol. The number of rotatable bonds is 1. The van der Waals surface area contributed by atoms with E-state index < -0.39 is 5.72 Å². The molecule has 1 aliphatic carbocycles. The number of nitrogens with one attached hydrogen (secondary N) is 1. The van der Waals surface area contributed by atoms with E-state index in [1.165, 1.54) is 5.56 Å². The van der Waals surface area contributed by atoms with Crippen molar-refractivity contribution in [2.24, 2.45) is 4.99 Å². The number of carbonyl (C=O) groups excluding carboxylic acids is 1. The van der Waals surface area contributed by atoms with Gasteiger partial charge in [0.05, 0.1) is 11.6 Å². The summed E-state index contributed by atoms with van der Waals surface area (Å²) in [4.78, 5) is 18.0. The summed E-state index contributed by atoms with van der Waals surface area (Å²) < 4.78 is 6.70. The minimum atomic E-state index is -0.744. The van der Waals surface area contributed by atoms with E-state index in [0.29, 0.717) is 0 Å². The van der Waals surface area contributed by atoms with Crippen LogP contribution in [0.15, 0.2) is 102 Å². The molecule has 2 heterocycles. The Morgan fingerprint density at radius 2 is 1.47 bits per heavy atom. The Labute approximate surface area is 220 Å². The molecule has 0 radical (unpaired) electrons. The lowest BCUT2D eigenvalue weighted by atomic mass is 9.78. The lowest BCUT2D eigenvalue weighted by Crippen LogP contribution is -2.56. The van der Waals surface area contributed by atoms with Crippen LogP contribution in [0.1, 0.15) is 35.3 Å². The molecule has 0 fully saturated rings. The smallest absolute Gasteiger partial charge is 0.226 e. The van der Waals surface area contributed by atoms with Crippen molar-refractivity contribution in [3.63, 3.8) is 0 Å². The molecule has 38 heavy (non-hydrogen) atoms. The van der Waals surface area contributed by atoms with Gasteiger partial charge in [0, 0.05) is 22.2 Å². The molecule has 1 N–H and O–H groups in total. The van der Waals surface area contributed by atoms with Gasteiger partial charge in [-0.05, 0) is 71.3 Å². The van der Waals surface area contributed by atoms with Crippen LogP contribution in [-0.4, -0.2) is 17.7 Å². The SMILES string of the molecule is CC1(C)c2ccccc2NC12C=Nc1c(ccc3cc(-c4ccc5c(c4)C(=O)c4ccccc4-5)ccc13)O2. The summed E-state index contributed by atoms with van der Waals surface area (Å²) in [5, 5.41) is 5.71. The molecule has 8 rings (SSSR count). The van der Waals surface area contributed by atoms with Crippen molar-refractivity contribution >= 4 is 34.1 Å². The Morgan fingerprint density at radius 1 is 0.737 bits per heavy atom. The van der Waals surface area contributed by atoms with Crippen molar-refractivity contribution in [2.75, 3.05) is 5.32 Å². The first-order chi connectivity index (χ1) is 18.5. The molecule has 5 aromatic rings. The second kappa shape index (κ2) is 7.20. The molecule has 182 valence electrons. The van der Waals surface area contributed by atoms with Gasteiger partial charge >= 0.3 is 0 Å². The number of ether oxygens (including phenoxy) is 1. The van der Waals surface area contributed by atoms with Gasteiger partial charge < -0.3 is 10.1 Å². The van der Waals surface area contributed by atoms with E-state index in [4.69, 9.17) is 9.73 Å². The fourth-order valence-electron chi connectivity index (χ4n) is 6.29. The molecule has 0 saturated heterocycles. The van der Waals surface area contributed by atoms with Gasteiger partial charge in [0.25, 0.3) is 0 Å². The summed E-state index contributed by atoms with van der Waals surface area (Å²) in [5.74, 6) is 0.861. The maximum absolute atomic E-state index is 13.0. The number of fused-ring (bicyclic) bond motifs is 7. The molecule has 0 amide bonds. The zero-order chi connectivity index (χ0) is 25.6. The van der Waals surface area contributed by atoms with Gasteiger partial charge in [0.2, 0.25) is 5.72 Å². The molecule has 4 nitrogen and oxygen atoms in total. The Morgan fingerprint density at radius 3 is 2.34 bits per heavy atom. The fraction of sp³-hybridized carbons (Fsp3) is 0.118. The van der Waals surface area contributed by atoms with Crippen molar-refractivity contribution < 1.29 is 9.53 Å². The van der Waals surface area contributed by atoms with Crippen LogP contribution in [-0.2, 0) is 5.41 Å². The van der Waals surface area contributed by atoms with Gasteiger partial charge in [-0.25, -0.2) is 0 Å². The van der Waals surface area contributed by atoms with Gasteiger partial charge in [0.1, 0.15) is 11.4 Å². The van der Waals surface area contributed by atoms with Gasteiger partial charge in [-0.15, -0.1) is 0 Å². The van der Waals surface area contributed by atoms with Crippen LogP contribution >= 0.6 is 0 Å². The summed E-state index contributed by atoms with van der Waals surface area (Å²) in [5.41, 5.74) is 7.76. The van der Waals surface area contributed by atoms with E-state index in [9.17, 15) is 4.79 Å². The van der Waals surface area contributed by atoms with Gasteiger partial charge in [-0.1, -0.05) is 72.8 Å². The lowest BCUT2D eigenvalue weighted by molar-refractivity contribution is 0.104. The van der Waals surface area contributed by atoms with Crippen molar-refractivity contribution in [1.82, 2.24) is 0 Å². The van der Waals surface area contributed by atoms with Crippen LogP contribution in [0.4, 0.5) is 11.4 Å². The highest BCUT2D eigenvalue weighted by molar-refractivity contribution is 6.22. The van der Waals surface area contributed by atoms with Crippen LogP contribution < -0.4 is 10.1 Å². The predicted octanol–water partition coefficient (Wildman–Crippen LogP) is 7.91. The number of nitrogens with zero attached hydrogens (tertiary/aromatic N) is 1. The van der Waals surface area contributed by atoms with Crippen LogP contribution in [0.3, 0.4) is 0 Å². The van der Waals surface area contributed by atoms with E-state index in [0.717, 1.165) is 61.3 Å². The molecular weight excluding hydrogens is 468 g/mol. The highest BCUT2D eigenvalue weighted by Crippen LogP contribution is 2.51. The van der Waals surface area contributed by atoms with Gasteiger partial charge in [0.15, 0.2) is 5.78 Å². The van der Waals surface area contributed by atoms with E-state index in [1.54, 1.807) is 0 Å². The number of hydrogen-bond donors (Lipinski definition) is 1. The first-order valence-electron chi connectivity index (χ1n) is 12.9. The summed E-state index contributed by atoms with van der Waals surface area (Å²) in [7, 11) is 0. The standard InChI is InChI=1S/C34H24N2O2/c1-33(2)28-9-5-6-10-29(28)36-34(33)19-35-31-23-14-11-20(17-22(23)13-16-30(31)38-34)21-12-15-25-24-7-3-4-8-26(24)32(37)27(25)18-21/h3-19,36H,1-2H3. The second-order valence-electron chi connectivity index (χ2n) is 10.9. The highest BCUT2D eigenvalue weighted by Gasteiger charge is 2.55. The number of hydrogen-bond acceptors (Lipinski definition) is 4. The molecule has 3 aliphatic rings. The van der Waals surface area contributed by atoms with Crippen molar-refractivity contribution in [3.8, 4) is 28.0 Å². The number of aliphatic imine (C=N–C) groups is 1.